The van der Waals surface area contributed by atoms with E-state index in [9.17, 15) is 49.0 Å². The molecule has 3 aliphatic rings. The second-order valence-electron chi connectivity index (χ2n) is 24.3. The number of nitrogens with one attached hydrogen (secondary N) is 2. The van der Waals surface area contributed by atoms with Crippen molar-refractivity contribution >= 4 is 85.6 Å². The summed E-state index contributed by atoms with van der Waals surface area (Å²) in [5, 5.41) is 5.16. The van der Waals surface area contributed by atoms with E-state index >= 15 is 0 Å². The molecule has 1 amide bonds. The topological polar surface area (TPSA) is 210 Å². The molecule has 4 aromatic carbocycles. The molecule has 18 nitrogen and oxygen atoms in total. The van der Waals surface area contributed by atoms with Crippen LogP contribution in [0, 0.1) is 16.2 Å². The summed E-state index contributed by atoms with van der Waals surface area (Å²) >= 11 is 7.42. The van der Waals surface area contributed by atoms with Crippen LogP contribution >= 0.6 is 31.0 Å². The molecule has 0 spiro atoms. The monoisotopic (exact) mass is 1290 g/mol. The Bertz CT molecular complexity index is 3350. The van der Waals surface area contributed by atoms with Gasteiger partial charge in [0.05, 0.1) is 21.4 Å². The van der Waals surface area contributed by atoms with Crippen molar-refractivity contribution in [1.29, 1.82) is 0 Å². The Morgan fingerprint density at radius 3 is 1.88 bits per heavy atom. The molecule has 2 N–H and O–H groups in total. The predicted octanol–water partition coefficient (Wildman–Crippen LogP) is 11.9. The number of carbonyl (C=O) groups excluding carboxylic acids is 3. The molecule has 26 heteroatoms. The van der Waals surface area contributed by atoms with E-state index in [0.29, 0.717) is 56.9 Å². The second kappa shape index (κ2) is 28.5. The van der Waals surface area contributed by atoms with Crippen molar-refractivity contribution in [1.82, 2.24) is 19.4 Å². The van der Waals surface area contributed by atoms with E-state index in [-0.39, 0.29) is 29.4 Å². The lowest BCUT2D eigenvalue weighted by atomic mass is 9.73. The Morgan fingerprint density at radius 2 is 1.31 bits per heavy atom. The van der Waals surface area contributed by atoms with Crippen LogP contribution < -0.4 is 14.9 Å². The molecular formula is C60H77ClF3N6O12PS3. The highest BCUT2D eigenvalue weighted by Gasteiger charge is 2.48. The smallest absolute Gasteiger partial charge is 0.438 e. The zero-order chi connectivity index (χ0) is 62.9. The average Bonchev–Trinajstić information content (AvgIpc) is 1.08. The number of alkyl halides is 3. The van der Waals surface area contributed by atoms with Crippen molar-refractivity contribution < 1.29 is 67.5 Å². The summed E-state index contributed by atoms with van der Waals surface area (Å²) in [5.74, 6) is -2.30. The largest absolute Gasteiger partial charge is 0.501 e. The van der Waals surface area contributed by atoms with Gasteiger partial charge in [0.2, 0.25) is 13.6 Å². The van der Waals surface area contributed by atoms with Gasteiger partial charge in [-0.2, -0.15) is 13.2 Å². The third kappa shape index (κ3) is 19.1. The molecule has 0 radical (unpaired) electrons. The zero-order valence-corrected chi connectivity index (χ0v) is 53.8. The molecule has 0 unspecified atom stereocenters. The molecule has 1 aliphatic carbocycles. The number of benzene rings is 4. The van der Waals surface area contributed by atoms with Crippen LogP contribution in [0.15, 0.2) is 128 Å². The van der Waals surface area contributed by atoms with Gasteiger partial charge in [-0.15, -0.1) is 0 Å². The zero-order valence-electron chi connectivity index (χ0n) is 49.7. The van der Waals surface area contributed by atoms with E-state index in [0.717, 1.165) is 61.6 Å². The Balaban J connectivity index is 1.00. The average molecular weight is 1290 g/mol. The normalized spacial score (nSPS) is 17.3. The number of allylic oxidation sites excluding steroid dienone is 1. The van der Waals surface area contributed by atoms with Gasteiger partial charge in [0.25, 0.3) is 25.8 Å². The minimum atomic E-state index is -6.22. The molecule has 4 aromatic rings. The fraction of sp³-hybridized carbons (Fsp3) is 0.483. The summed E-state index contributed by atoms with van der Waals surface area (Å²) in [5.41, 5.74) is -2.96. The summed E-state index contributed by atoms with van der Waals surface area (Å²) in [6.45, 7) is 18.6. The molecule has 2 heterocycles. The highest BCUT2D eigenvalue weighted by atomic mass is 35.5. The standard InChI is InChI=1S/C60H77ClF3N6O12PS3/c1-57(2,3)55(72)79-41-81-83(74,82-42-80-56(73)58(4,5)6)40-69-30-28-67(29-31-69)27-25-47(39-84-49-12-10-9-11-13-49)65-52-23-22-50(36-53(52)85(75,76)60(62,63)64)86(77,78)66-54(71)44-16-20-48(21-17-44)70-34-32-68(33-35-70)38-45-37-59(7,8)26-24-51(45)43-14-18-46(61)19-15-43/h9-23,36,39,65H,24-35,37-38,40-42H2,1-8H3,(H,66,71)/b47-39-. The molecule has 86 heavy (non-hydrogen) atoms. The number of thioether (sulfide) groups is 1. The molecule has 2 saturated heterocycles. The van der Waals surface area contributed by atoms with Crippen LogP contribution in [0.4, 0.5) is 24.5 Å². The quantitative estimate of drug-likeness (QED) is 0.0306. The van der Waals surface area contributed by atoms with E-state index in [2.05, 4.69) is 41.1 Å². The van der Waals surface area contributed by atoms with Gasteiger partial charge in [0.1, 0.15) is 11.2 Å². The van der Waals surface area contributed by atoms with Crippen LogP contribution in [0.2, 0.25) is 5.02 Å². The number of sulfone groups is 1. The van der Waals surface area contributed by atoms with Crippen LogP contribution in [0.3, 0.4) is 0 Å². The number of esters is 2. The summed E-state index contributed by atoms with van der Waals surface area (Å²) in [6.07, 6.45) is 2.95. The Hall–Kier alpha value is -5.27. The van der Waals surface area contributed by atoms with E-state index in [1.165, 1.54) is 40.6 Å². The van der Waals surface area contributed by atoms with Crippen LogP contribution in [0.25, 0.3) is 5.57 Å². The van der Waals surface area contributed by atoms with Crippen molar-refractivity contribution in [2.45, 2.75) is 101 Å². The van der Waals surface area contributed by atoms with Crippen LogP contribution in [-0.2, 0) is 52.5 Å². The summed E-state index contributed by atoms with van der Waals surface area (Å²) in [6, 6.07) is 25.5. The van der Waals surface area contributed by atoms with Crippen molar-refractivity contribution in [3.8, 4) is 0 Å². The number of rotatable bonds is 23. The SMILES string of the molecule is CC1(C)CCC(c2ccc(Cl)cc2)=C(CN2CCN(c3ccc(C(=O)NS(=O)(=O)c4ccc(N/C(=C\Sc5ccccc5)CCN5CCN(CP(=O)(OCOC(=O)C(C)(C)C)OCOC(=O)C(C)(C)C)CC5)c(S(=O)(=O)C(F)(F)F)c4)cc3)CC2)C1. The number of ether oxygens (including phenoxy) is 2. The molecule has 0 aromatic heterocycles. The number of sulfonamides is 1. The number of nitrogens with zero attached hydrogens (tertiary/aromatic N) is 4. The van der Waals surface area contributed by atoms with Gasteiger partial charge >= 0.3 is 25.0 Å². The van der Waals surface area contributed by atoms with Crippen LogP contribution in [-0.4, -0.2) is 140 Å². The number of anilines is 2. The maximum atomic E-state index is 14.5. The van der Waals surface area contributed by atoms with E-state index in [1.54, 1.807) is 94.3 Å². The fourth-order valence-corrected chi connectivity index (χ4v) is 14.0. The van der Waals surface area contributed by atoms with Crippen molar-refractivity contribution in [2.75, 3.05) is 95.5 Å². The third-order valence-corrected chi connectivity index (χ3v) is 20.5. The van der Waals surface area contributed by atoms with Crippen LogP contribution in [0.5, 0.6) is 0 Å². The number of hydrogen-bond acceptors (Lipinski definition) is 18. The molecule has 2 fully saturated rings. The van der Waals surface area contributed by atoms with Crippen LogP contribution in [0.1, 0.15) is 97.0 Å². The summed E-state index contributed by atoms with van der Waals surface area (Å²) in [4.78, 5) is 45.2. The molecule has 2 aliphatic heterocycles. The van der Waals surface area contributed by atoms with E-state index < -0.39 is 90.7 Å². The van der Waals surface area contributed by atoms with Gasteiger partial charge in [0.15, 0.2) is 0 Å². The molecular weight excluding hydrogens is 1220 g/mol. The molecule has 0 atom stereocenters. The predicted molar refractivity (Wildman–Crippen MR) is 328 cm³/mol. The Morgan fingerprint density at radius 1 is 0.744 bits per heavy atom. The van der Waals surface area contributed by atoms with Gasteiger partial charge in [-0.05, 0) is 149 Å². The van der Waals surface area contributed by atoms with Crippen molar-refractivity contribution in [3.63, 3.8) is 0 Å². The lowest BCUT2D eigenvalue weighted by Gasteiger charge is -2.39. The van der Waals surface area contributed by atoms with Crippen molar-refractivity contribution in [3.05, 3.63) is 130 Å². The van der Waals surface area contributed by atoms with Gasteiger partial charge < -0.3 is 24.6 Å². The minimum Gasteiger partial charge on any atom is -0.438 e. The second-order valence-corrected chi connectivity index (χ2v) is 31.3. The lowest BCUT2D eigenvalue weighted by molar-refractivity contribution is -0.162. The maximum absolute atomic E-state index is 14.5. The fourth-order valence-electron chi connectivity index (χ4n) is 9.69. The van der Waals surface area contributed by atoms with Gasteiger partial charge in [-0.1, -0.05) is 73.1 Å². The lowest BCUT2D eigenvalue weighted by Crippen LogP contribution is -2.47. The maximum Gasteiger partial charge on any atom is 0.501 e. The first-order valence-corrected chi connectivity index (χ1v) is 34.1. The van der Waals surface area contributed by atoms with Crippen molar-refractivity contribution in [2.24, 2.45) is 16.2 Å². The first-order valence-electron chi connectivity index (χ1n) is 28.1. The number of piperazine rings is 2. The highest BCUT2D eigenvalue weighted by Crippen LogP contribution is 2.49. The Labute approximate surface area is 512 Å². The number of halogens is 4. The Kier molecular flexibility index (Phi) is 22.6. The van der Waals surface area contributed by atoms with Gasteiger partial charge in [0, 0.05) is 98.7 Å². The molecule has 470 valence electrons. The highest BCUT2D eigenvalue weighted by molar-refractivity contribution is 8.02. The molecule has 0 bridgehead atoms. The number of hydrogen-bond donors (Lipinski definition) is 2. The summed E-state index contributed by atoms with van der Waals surface area (Å²) < 4.78 is 135. The summed E-state index contributed by atoms with van der Waals surface area (Å²) in [7, 11) is -15.3. The van der Waals surface area contributed by atoms with E-state index in [1.807, 2.05) is 21.8 Å². The number of amides is 1. The minimum absolute atomic E-state index is 0.0547. The van der Waals surface area contributed by atoms with Gasteiger partial charge in [-0.3, -0.25) is 37.8 Å². The first kappa shape index (κ1) is 68.2. The first-order chi connectivity index (χ1) is 40.2. The third-order valence-electron chi connectivity index (χ3n) is 14.7. The van der Waals surface area contributed by atoms with E-state index in [4.69, 9.17) is 30.1 Å². The molecule has 0 saturated carbocycles. The van der Waals surface area contributed by atoms with Gasteiger partial charge in [-0.25, -0.2) is 21.6 Å². The molecule has 7 rings (SSSR count). The number of carbonyl (C=O) groups is 3.